The van der Waals surface area contributed by atoms with Crippen LogP contribution in [0.25, 0.3) is 5.69 Å². The molecular formula is C13H11F3IN3O3. The molecule has 10 heteroatoms. The summed E-state index contributed by atoms with van der Waals surface area (Å²) in [7, 11) is 0. The molecule has 0 spiro atoms. The summed E-state index contributed by atoms with van der Waals surface area (Å²) in [6, 6.07) is 4.94. The number of alkyl halides is 3. The number of nitrogens with two attached hydrogens (primary N) is 1. The Morgan fingerprint density at radius 1 is 1.35 bits per heavy atom. The lowest BCUT2D eigenvalue weighted by Crippen LogP contribution is -2.17. The van der Waals surface area contributed by atoms with Crippen molar-refractivity contribution in [3.8, 4) is 11.4 Å². The molecule has 1 heterocycles. The van der Waals surface area contributed by atoms with Crippen LogP contribution in [0.15, 0.2) is 24.3 Å². The number of halogens is 4. The van der Waals surface area contributed by atoms with Crippen molar-refractivity contribution < 1.29 is 27.4 Å². The van der Waals surface area contributed by atoms with Gasteiger partial charge in [0.1, 0.15) is 11.6 Å². The lowest BCUT2D eigenvalue weighted by atomic mass is 10.3. The molecule has 0 saturated carbocycles. The number of aromatic nitrogens is 2. The molecule has 6 nitrogen and oxygen atoms in total. The number of hydrogen-bond acceptors (Lipinski definition) is 5. The van der Waals surface area contributed by atoms with Gasteiger partial charge in [0, 0.05) is 0 Å². The Bertz CT molecular complexity index is 714. The van der Waals surface area contributed by atoms with E-state index >= 15 is 0 Å². The maximum atomic E-state index is 12.1. The van der Waals surface area contributed by atoms with Crippen LogP contribution < -0.4 is 10.5 Å². The number of esters is 1. The number of rotatable bonds is 4. The topological polar surface area (TPSA) is 79.4 Å². The highest BCUT2D eigenvalue weighted by Gasteiger charge is 2.31. The molecule has 0 fully saturated rings. The third-order valence-corrected chi connectivity index (χ3v) is 3.71. The second kappa shape index (κ2) is 6.64. The highest BCUT2D eigenvalue weighted by molar-refractivity contribution is 14.1. The second-order valence-corrected chi connectivity index (χ2v) is 5.30. The van der Waals surface area contributed by atoms with Crippen LogP contribution in [0.4, 0.5) is 19.0 Å². The van der Waals surface area contributed by atoms with Crippen molar-refractivity contribution >= 4 is 34.4 Å². The van der Waals surface area contributed by atoms with Gasteiger partial charge in [0.15, 0.2) is 5.69 Å². The normalized spacial score (nSPS) is 11.3. The van der Waals surface area contributed by atoms with Gasteiger partial charge in [0.2, 0.25) is 0 Å². The van der Waals surface area contributed by atoms with Gasteiger partial charge in [0.05, 0.1) is 15.9 Å². The van der Waals surface area contributed by atoms with Crippen molar-refractivity contribution in [2.75, 3.05) is 12.3 Å². The van der Waals surface area contributed by atoms with E-state index in [0.29, 0.717) is 9.26 Å². The SMILES string of the molecule is CCOC(=O)c1nn(-c2ccc(OC(F)(F)F)cc2)c(N)c1I. The molecule has 0 amide bonds. The van der Waals surface area contributed by atoms with Gasteiger partial charge >= 0.3 is 12.3 Å². The third-order valence-electron chi connectivity index (χ3n) is 2.64. The lowest BCUT2D eigenvalue weighted by molar-refractivity contribution is -0.274. The predicted molar refractivity (Wildman–Crippen MR) is 83.3 cm³/mol. The zero-order valence-electron chi connectivity index (χ0n) is 11.7. The van der Waals surface area contributed by atoms with Crippen molar-refractivity contribution in [1.29, 1.82) is 0 Å². The Labute approximate surface area is 142 Å². The fourth-order valence-corrected chi connectivity index (χ4v) is 2.28. The molecule has 23 heavy (non-hydrogen) atoms. The summed E-state index contributed by atoms with van der Waals surface area (Å²) >= 11 is 1.85. The Hall–Kier alpha value is -1.98. The van der Waals surface area contributed by atoms with Gasteiger partial charge < -0.3 is 15.2 Å². The third kappa shape index (κ3) is 4.06. The standard InChI is InChI=1S/C13H11F3IN3O3/c1-2-22-12(21)10-9(17)11(18)20(19-10)7-3-5-8(6-4-7)23-13(14,15)16/h3-6H,2,18H2,1H3. The minimum atomic E-state index is -4.77. The Morgan fingerprint density at radius 2 is 1.96 bits per heavy atom. The molecule has 2 N–H and O–H groups in total. The number of ether oxygens (including phenoxy) is 2. The minimum absolute atomic E-state index is 0.0422. The average molecular weight is 441 g/mol. The Balaban J connectivity index is 2.32. The number of carbonyl (C=O) groups excluding carboxylic acids is 1. The van der Waals surface area contributed by atoms with Crippen LogP contribution in [0, 0.1) is 3.57 Å². The largest absolute Gasteiger partial charge is 0.573 e. The second-order valence-electron chi connectivity index (χ2n) is 4.22. The summed E-state index contributed by atoms with van der Waals surface area (Å²) in [5.74, 6) is -0.815. The van der Waals surface area contributed by atoms with Gasteiger partial charge in [-0.25, -0.2) is 9.48 Å². The smallest absolute Gasteiger partial charge is 0.461 e. The van der Waals surface area contributed by atoms with Crippen LogP contribution in [0.5, 0.6) is 5.75 Å². The first-order valence-corrected chi connectivity index (χ1v) is 7.38. The molecular weight excluding hydrogens is 430 g/mol. The molecule has 124 valence electrons. The van der Waals surface area contributed by atoms with Crippen LogP contribution in [0.2, 0.25) is 0 Å². The molecule has 0 saturated heterocycles. The summed E-state index contributed by atoms with van der Waals surface area (Å²) in [6.45, 7) is 1.84. The Morgan fingerprint density at radius 3 is 2.48 bits per heavy atom. The maximum Gasteiger partial charge on any atom is 0.573 e. The maximum absolute atomic E-state index is 12.1. The van der Waals surface area contributed by atoms with Crippen molar-refractivity contribution in [3.63, 3.8) is 0 Å². The zero-order chi connectivity index (χ0) is 17.2. The molecule has 2 rings (SSSR count). The van der Waals surface area contributed by atoms with Crippen LogP contribution >= 0.6 is 22.6 Å². The van der Waals surface area contributed by atoms with E-state index in [1.807, 2.05) is 22.6 Å². The lowest BCUT2D eigenvalue weighted by Gasteiger charge is -2.09. The summed E-state index contributed by atoms with van der Waals surface area (Å²) < 4.78 is 46.7. The van der Waals surface area contributed by atoms with Gasteiger partial charge in [-0.15, -0.1) is 13.2 Å². The van der Waals surface area contributed by atoms with Crippen molar-refractivity contribution in [2.45, 2.75) is 13.3 Å². The van der Waals surface area contributed by atoms with Crippen molar-refractivity contribution in [1.82, 2.24) is 9.78 Å². The van der Waals surface area contributed by atoms with E-state index in [2.05, 4.69) is 9.84 Å². The molecule has 0 aliphatic heterocycles. The molecule has 0 aliphatic carbocycles. The van der Waals surface area contributed by atoms with Gasteiger partial charge in [-0.2, -0.15) is 5.10 Å². The summed E-state index contributed by atoms with van der Waals surface area (Å²) in [5, 5.41) is 4.05. The summed E-state index contributed by atoms with van der Waals surface area (Å²) in [6.07, 6.45) is -4.77. The van der Waals surface area contributed by atoms with Crippen LogP contribution in [-0.2, 0) is 4.74 Å². The molecule has 0 bridgehead atoms. The molecule has 0 unspecified atom stereocenters. The molecule has 1 aromatic carbocycles. The fraction of sp³-hybridized carbons (Fsp3) is 0.231. The van der Waals surface area contributed by atoms with E-state index < -0.39 is 12.3 Å². The molecule has 0 aliphatic rings. The molecule has 1 aromatic heterocycles. The van der Waals surface area contributed by atoms with E-state index in [1.54, 1.807) is 6.92 Å². The first-order chi connectivity index (χ1) is 10.7. The van der Waals surface area contributed by atoms with Gasteiger partial charge in [-0.3, -0.25) is 0 Å². The monoisotopic (exact) mass is 441 g/mol. The van der Waals surface area contributed by atoms with E-state index in [4.69, 9.17) is 10.5 Å². The van der Waals surface area contributed by atoms with Gasteiger partial charge in [0.25, 0.3) is 0 Å². The molecule has 2 aromatic rings. The molecule has 0 radical (unpaired) electrons. The summed E-state index contributed by atoms with van der Waals surface area (Å²) in [4.78, 5) is 11.8. The highest BCUT2D eigenvalue weighted by atomic mass is 127. The number of nitrogens with zero attached hydrogens (tertiary/aromatic N) is 2. The van der Waals surface area contributed by atoms with Gasteiger partial charge in [-0.1, -0.05) is 0 Å². The number of hydrogen-bond donors (Lipinski definition) is 1. The van der Waals surface area contributed by atoms with Crippen molar-refractivity contribution in [3.05, 3.63) is 33.5 Å². The zero-order valence-corrected chi connectivity index (χ0v) is 13.9. The minimum Gasteiger partial charge on any atom is -0.461 e. The fourth-order valence-electron chi connectivity index (χ4n) is 1.73. The number of benzene rings is 1. The number of anilines is 1. The quantitative estimate of drug-likeness (QED) is 0.583. The Kier molecular flexibility index (Phi) is 5.02. The first-order valence-electron chi connectivity index (χ1n) is 6.30. The van der Waals surface area contributed by atoms with Crippen LogP contribution in [-0.4, -0.2) is 28.7 Å². The van der Waals surface area contributed by atoms with E-state index in [0.717, 1.165) is 12.1 Å². The van der Waals surface area contributed by atoms with Gasteiger partial charge in [-0.05, 0) is 53.8 Å². The molecule has 0 atom stereocenters. The number of carbonyl (C=O) groups is 1. The van der Waals surface area contributed by atoms with E-state index in [1.165, 1.54) is 16.8 Å². The van der Waals surface area contributed by atoms with Crippen molar-refractivity contribution in [2.24, 2.45) is 0 Å². The number of nitrogen functional groups attached to an aromatic ring is 1. The highest BCUT2D eigenvalue weighted by Crippen LogP contribution is 2.26. The van der Waals surface area contributed by atoms with Crippen LogP contribution in [0.3, 0.4) is 0 Å². The first kappa shape index (κ1) is 17.4. The van der Waals surface area contributed by atoms with Crippen LogP contribution in [0.1, 0.15) is 17.4 Å². The summed E-state index contributed by atoms with van der Waals surface area (Å²) in [5.41, 5.74) is 6.31. The average Bonchev–Trinajstić information content (AvgIpc) is 2.75. The van der Waals surface area contributed by atoms with E-state index in [-0.39, 0.29) is 23.9 Å². The van der Waals surface area contributed by atoms with E-state index in [9.17, 15) is 18.0 Å². The predicted octanol–water partition coefficient (Wildman–Crippen LogP) is 3.13.